The summed E-state index contributed by atoms with van der Waals surface area (Å²) in [5, 5.41) is 4.10. The summed E-state index contributed by atoms with van der Waals surface area (Å²) in [7, 11) is 0. The van der Waals surface area contributed by atoms with Gasteiger partial charge in [-0.15, -0.1) is 0 Å². The molecule has 2 aliphatic heterocycles. The Bertz CT molecular complexity index is 1540. The van der Waals surface area contributed by atoms with Gasteiger partial charge in [0, 0.05) is 69.9 Å². The standard InChI is InChI=1S/C19H24N2O4.C15H20N2O/c1-11(2)15-6-7-17-16(10-15)19(25-14(5)24)8-9-20(12(3)22)18(19)21(17)13(4)23;1-10(2)12-4-5-15-14(8-12)13(9-17-15)6-7-16-11(3)18/h6-7,10-11,18H,8-9H2,1-5H3;4-5,8-10,17H,6-7H2,1-3H3,(H,16,18)/t18-,19-;/m1./s1. The number of likely N-dealkylation sites (tertiary alicyclic amines) is 1. The average molecular weight is 589 g/mol. The van der Waals surface area contributed by atoms with E-state index >= 15 is 0 Å². The van der Waals surface area contributed by atoms with E-state index in [4.69, 9.17) is 4.74 Å². The third-order valence-electron chi connectivity index (χ3n) is 8.38. The molecule has 0 aliphatic carbocycles. The normalized spacial score (nSPS) is 18.8. The number of carbonyl (C=O) groups excluding carboxylic acids is 4. The van der Waals surface area contributed by atoms with Crippen molar-refractivity contribution in [1.82, 2.24) is 15.2 Å². The minimum Gasteiger partial charge on any atom is -0.450 e. The largest absolute Gasteiger partial charge is 0.450 e. The molecule has 9 nitrogen and oxygen atoms in total. The number of H-pyrrole nitrogens is 1. The molecule has 3 heterocycles. The smallest absolute Gasteiger partial charge is 0.303 e. The van der Waals surface area contributed by atoms with Crippen LogP contribution in [0.4, 0.5) is 5.69 Å². The topological polar surface area (TPSA) is 112 Å². The SMILES string of the molecule is CC(=O)NCCc1c[nH]c2ccc(C(C)C)cc12.CC(=O)O[C@@]12CCN(C(C)=O)[C@@H]1N(C(C)=O)c1ccc(C(C)C)cc12. The summed E-state index contributed by atoms with van der Waals surface area (Å²) in [6.07, 6.45) is 2.76. The zero-order valence-corrected chi connectivity index (χ0v) is 26.5. The fraction of sp³-hybridized carbons (Fsp3) is 0.471. The van der Waals surface area contributed by atoms with E-state index in [2.05, 4.69) is 56.2 Å². The maximum atomic E-state index is 12.4. The highest BCUT2D eigenvalue weighted by molar-refractivity contribution is 5.97. The van der Waals surface area contributed by atoms with Gasteiger partial charge in [0.15, 0.2) is 11.8 Å². The van der Waals surface area contributed by atoms with Gasteiger partial charge in [-0.2, -0.15) is 0 Å². The number of esters is 1. The lowest BCUT2D eigenvalue weighted by Gasteiger charge is -2.35. The van der Waals surface area contributed by atoms with Gasteiger partial charge >= 0.3 is 5.97 Å². The number of hydrogen-bond acceptors (Lipinski definition) is 5. The average Bonchev–Trinajstić information content (AvgIpc) is 3.57. The number of anilines is 1. The predicted octanol–water partition coefficient (Wildman–Crippen LogP) is 5.48. The molecule has 2 aliphatic rings. The molecule has 2 atom stereocenters. The second kappa shape index (κ2) is 12.6. The molecular weight excluding hydrogens is 544 g/mol. The molecule has 0 unspecified atom stereocenters. The zero-order valence-electron chi connectivity index (χ0n) is 26.5. The van der Waals surface area contributed by atoms with Crippen molar-refractivity contribution in [3.63, 3.8) is 0 Å². The molecule has 0 radical (unpaired) electrons. The van der Waals surface area contributed by atoms with Crippen LogP contribution in [0.25, 0.3) is 10.9 Å². The lowest BCUT2D eigenvalue weighted by molar-refractivity contribution is -0.162. The summed E-state index contributed by atoms with van der Waals surface area (Å²) in [6.45, 7) is 15.6. The van der Waals surface area contributed by atoms with Crippen LogP contribution in [0.1, 0.15) is 95.9 Å². The van der Waals surface area contributed by atoms with Gasteiger partial charge in [-0.05, 0) is 59.2 Å². The Morgan fingerprint density at radius 2 is 1.60 bits per heavy atom. The zero-order chi connectivity index (χ0) is 31.6. The van der Waals surface area contributed by atoms with Crippen molar-refractivity contribution < 1.29 is 23.9 Å². The van der Waals surface area contributed by atoms with Crippen molar-refractivity contribution in [2.45, 2.75) is 91.8 Å². The molecule has 3 aromatic rings. The molecule has 0 spiro atoms. The van der Waals surface area contributed by atoms with Crippen LogP contribution in [0.5, 0.6) is 0 Å². The summed E-state index contributed by atoms with van der Waals surface area (Å²) < 4.78 is 5.82. The maximum absolute atomic E-state index is 12.4. The molecule has 3 amide bonds. The van der Waals surface area contributed by atoms with Crippen LogP contribution in [0, 0.1) is 0 Å². The third kappa shape index (κ3) is 6.31. The van der Waals surface area contributed by atoms with Gasteiger partial charge in [-0.25, -0.2) is 0 Å². The first-order chi connectivity index (χ1) is 20.3. The molecule has 1 saturated heterocycles. The summed E-state index contributed by atoms with van der Waals surface area (Å²) in [6, 6.07) is 12.4. The van der Waals surface area contributed by atoms with Crippen LogP contribution in [-0.4, -0.2) is 52.8 Å². The predicted molar refractivity (Wildman–Crippen MR) is 168 cm³/mol. The first-order valence-corrected chi connectivity index (χ1v) is 15.0. The van der Waals surface area contributed by atoms with Gasteiger partial charge in [0.1, 0.15) is 0 Å². The van der Waals surface area contributed by atoms with Gasteiger partial charge in [0.2, 0.25) is 17.7 Å². The Morgan fingerprint density at radius 3 is 2.19 bits per heavy atom. The van der Waals surface area contributed by atoms with Gasteiger partial charge in [-0.1, -0.05) is 39.8 Å². The number of aromatic amines is 1. The first kappa shape index (κ1) is 31.8. The second-order valence-electron chi connectivity index (χ2n) is 12.1. The Kier molecular flexibility index (Phi) is 9.32. The van der Waals surface area contributed by atoms with E-state index in [-0.39, 0.29) is 17.7 Å². The van der Waals surface area contributed by atoms with Gasteiger partial charge in [0.25, 0.3) is 0 Å². The maximum Gasteiger partial charge on any atom is 0.303 e. The van der Waals surface area contributed by atoms with Crippen LogP contribution in [-0.2, 0) is 35.9 Å². The van der Waals surface area contributed by atoms with E-state index in [1.165, 1.54) is 37.3 Å². The van der Waals surface area contributed by atoms with Crippen LogP contribution >= 0.6 is 0 Å². The molecule has 0 bridgehead atoms. The Balaban J connectivity index is 0.000000208. The highest BCUT2D eigenvalue weighted by Crippen LogP contribution is 2.53. The van der Waals surface area contributed by atoms with Crippen LogP contribution in [0.2, 0.25) is 0 Å². The van der Waals surface area contributed by atoms with Crippen molar-refractivity contribution in [1.29, 1.82) is 0 Å². The third-order valence-corrected chi connectivity index (χ3v) is 8.38. The van der Waals surface area contributed by atoms with Crippen molar-refractivity contribution in [2.24, 2.45) is 0 Å². The molecule has 230 valence electrons. The van der Waals surface area contributed by atoms with E-state index < -0.39 is 17.7 Å². The van der Waals surface area contributed by atoms with E-state index in [1.807, 2.05) is 24.4 Å². The molecular formula is C34H44N4O5. The lowest BCUT2D eigenvalue weighted by Crippen LogP contribution is -2.54. The number of rotatable bonds is 6. The number of fused-ring (bicyclic) bond motifs is 4. The number of aromatic nitrogens is 1. The number of amides is 3. The summed E-state index contributed by atoms with van der Waals surface area (Å²) in [5.74, 6) is 0.134. The number of nitrogens with one attached hydrogen (secondary N) is 2. The monoisotopic (exact) mass is 588 g/mol. The van der Waals surface area contributed by atoms with E-state index in [0.29, 0.717) is 37.0 Å². The highest BCUT2D eigenvalue weighted by Gasteiger charge is 2.62. The minimum atomic E-state index is -0.997. The minimum absolute atomic E-state index is 0.0257. The number of carbonyl (C=O) groups is 4. The molecule has 2 N–H and O–H groups in total. The fourth-order valence-corrected chi connectivity index (χ4v) is 6.23. The molecule has 1 aromatic heterocycles. The fourth-order valence-electron chi connectivity index (χ4n) is 6.23. The molecule has 1 fully saturated rings. The summed E-state index contributed by atoms with van der Waals surface area (Å²) in [4.78, 5) is 53.8. The van der Waals surface area contributed by atoms with E-state index in [9.17, 15) is 19.2 Å². The molecule has 0 saturated carbocycles. The first-order valence-electron chi connectivity index (χ1n) is 15.0. The van der Waals surface area contributed by atoms with E-state index in [0.717, 1.165) is 23.1 Å². The molecule has 5 rings (SSSR count). The number of benzene rings is 2. The highest BCUT2D eigenvalue weighted by atomic mass is 16.6. The van der Waals surface area contributed by atoms with Gasteiger partial charge in [0.05, 0.1) is 5.69 Å². The Morgan fingerprint density at radius 1 is 0.953 bits per heavy atom. The lowest BCUT2D eigenvalue weighted by atomic mass is 9.89. The summed E-state index contributed by atoms with van der Waals surface area (Å²) >= 11 is 0. The van der Waals surface area contributed by atoms with Crippen LogP contribution in [0.3, 0.4) is 0 Å². The number of hydrogen-bond donors (Lipinski definition) is 2. The molecule has 9 heteroatoms. The number of nitrogens with zero attached hydrogens (tertiary/aromatic N) is 2. The molecule has 2 aromatic carbocycles. The Labute approximate surface area is 254 Å². The number of ether oxygens (including phenoxy) is 1. The van der Waals surface area contributed by atoms with Crippen LogP contribution < -0.4 is 10.2 Å². The summed E-state index contributed by atoms with van der Waals surface area (Å²) in [5.41, 5.74) is 5.42. The molecule has 43 heavy (non-hydrogen) atoms. The quantitative estimate of drug-likeness (QED) is 0.370. The van der Waals surface area contributed by atoms with Crippen molar-refractivity contribution in [3.05, 3.63) is 64.8 Å². The van der Waals surface area contributed by atoms with Gasteiger partial charge < -0.3 is 19.9 Å². The van der Waals surface area contributed by atoms with Crippen LogP contribution in [0.15, 0.2) is 42.6 Å². The van der Waals surface area contributed by atoms with Crippen molar-refractivity contribution >= 4 is 40.3 Å². The van der Waals surface area contributed by atoms with Crippen molar-refractivity contribution in [3.8, 4) is 0 Å². The second-order valence-corrected chi connectivity index (χ2v) is 12.1. The van der Waals surface area contributed by atoms with Crippen molar-refractivity contribution in [2.75, 3.05) is 18.0 Å². The van der Waals surface area contributed by atoms with E-state index in [1.54, 1.807) is 16.7 Å². The Hall–Kier alpha value is -4.14. The van der Waals surface area contributed by atoms with Gasteiger partial charge in [-0.3, -0.25) is 24.1 Å².